The van der Waals surface area contributed by atoms with Gasteiger partial charge in [0.05, 0.1) is 10.6 Å². The molecule has 0 bridgehead atoms. The summed E-state index contributed by atoms with van der Waals surface area (Å²) in [6.07, 6.45) is 1.63. The average molecular weight is 297 g/mol. The summed E-state index contributed by atoms with van der Waals surface area (Å²) in [5.41, 5.74) is 0.329. The molecule has 1 rings (SSSR count). The van der Waals surface area contributed by atoms with Gasteiger partial charge in [-0.3, -0.25) is 0 Å². The van der Waals surface area contributed by atoms with E-state index in [1.54, 1.807) is 17.0 Å². The lowest BCUT2D eigenvalue weighted by molar-refractivity contribution is 0.0697. The molecule has 0 aliphatic carbocycles. The van der Waals surface area contributed by atoms with E-state index in [0.29, 0.717) is 12.2 Å². The van der Waals surface area contributed by atoms with Gasteiger partial charge in [0.15, 0.2) is 0 Å². The number of aromatic carboxylic acids is 1. The Bertz CT molecular complexity index is 529. The summed E-state index contributed by atoms with van der Waals surface area (Å²) in [6, 6.07) is 4.00. The maximum Gasteiger partial charge on any atom is 0.337 e. The molecule has 0 spiro atoms. The minimum absolute atomic E-state index is 0.000700. The number of benzene rings is 1. The zero-order valence-electron chi connectivity index (χ0n) is 11.4. The Morgan fingerprint density at radius 1 is 1.50 bits per heavy atom. The van der Waals surface area contributed by atoms with Gasteiger partial charge in [-0.25, -0.2) is 9.59 Å². The van der Waals surface area contributed by atoms with Gasteiger partial charge in [0.1, 0.15) is 0 Å². The van der Waals surface area contributed by atoms with Gasteiger partial charge in [-0.05, 0) is 32.0 Å². The van der Waals surface area contributed by atoms with Gasteiger partial charge in [-0.1, -0.05) is 17.7 Å². The summed E-state index contributed by atoms with van der Waals surface area (Å²) in [6.45, 7) is 7.78. The fourth-order valence-corrected chi connectivity index (χ4v) is 1.83. The number of nitrogens with one attached hydrogen (secondary N) is 1. The van der Waals surface area contributed by atoms with Crippen molar-refractivity contribution < 1.29 is 14.7 Å². The van der Waals surface area contributed by atoms with Gasteiger partial charge in [0.25, 0.3) is 0 Å². The number of nitrogens with zero attached hydrogens (tertiary/aromatic N) is 1. The summed E-state index contributed by atoms with van der Waals surface area (Å²) in [7, 11) is 0. The van der Waals surface area contributed by atoms with Crippen molar-refractivity contribution in [3.63, 3.8) is 0 Å². The summed E-state index contributed by atoms with van der Waals surface area (Å²) in [5, 5.41) is 11.8. The van der Waals surface area contributed by atoms with E-state index in [0.717, 1.165) is 0 Å². The molecule has 0 aliphatic heterocycles. The highest BCUT2D eigenvalue weighted by Crippen LogP contribution is 2.21. The highest BCUT2D eigenvalue weighted by molar-refractivity contribution is 6.33. The van der Waals surface area contributed by atoms with Crippen molar-refractivity contribution in [1.29, 1.82) is 0 Å². The number of carbonyl (C=O) groups is 2. The van der Waals surface area contributed by atoms with E-state index in [2.05, 4.69) is 11.9 Å². The van der Waals surface area contributed by atoms with E-state index in [4.69, 9.17) is 16.7 Å². The number of carbonyl (C=O) groups excluding carboxylic acids is 1. The molecule has 0 aliphatic rings. The summed E-state index contributed by atoms with van der Waals surface area (Å²) < 4.78 is 0. The molecule has 0 aromatic heterocycles. The van der Waals surface area contributed by atoms with Crippen molar-refractivity contribution in [2.24, 2.45) is 0 Å². The predicted molar refractivity (Wildman–Crippen MR) is 79.5 cm³/mol. The maximum atomic E-state index is 12.1. The van der Waals surface area contributed by atoms with Crippen molar-refractivity contribution in [2.45, 2.75) is 19.9 Å². The van der Waals surface area contributed by atoms with Crippen molar-refractivity contribution in [1.82, 2.24) is 4.90 Å². The second-order valence-electron chi connectivity index (χ2n) is 4.46. The van der Waals surface area contributed by atoms with Gasteiger partial charge in [0.2, 0.25) is 0 Å². The van der Waals surface area contributed by atoms with Crippen LogP contribution in [0.25, 0.3) is 0 Å². The molecular weight excluding hydrogens is 280 g/mol. The maximum absolute atomic E-state index is 12.1. The van der Waals surface area contributed by atoms with Crippen molar-refractivity contribution in [3.05, 3.63) is 41.4 Å². The molecular formula is C14H17ClN2O3. The first-order valence-electron chi connectivity index (χ1n) is 6.08. The molecule has 0 atom stereocenters. The first kappa shape index (κ1) is 16.0. The number of rotatable bonds is 5. The molecule has 6 heteroatoms. The lowest BCUT2D eigenvalue weighted by Gasteiger charge is -2.25. The molecule has 0 radical (unpaired) electrons. The van der Waals surface area contributed by atoms with Crippen molar-refractivity contribution in [2.75, 3.05) is 11.9 Å². The van der Waals surface area contributed by atoms with Gasteiger partial charge in [-0.15, -0.1) is 6.58 Å². The second-order valence-corrected chi connectivity index (χ2v) is 4.87. The minimum Gasteiger partial charge on any atom is -0.478 e. The van der Waals surface area contributed by atoms with Crippen LogP contribution in [-0.2, 0) is 0 Å². The fourth-order valence-electron chi connectivity index (χ4n) is 1.63. The van der Waals surface area contributed by atoms with Crippen LogP contribution >= 0.6 is 11.6 Å². The fraction of sp³-hybridized carbons (Fsp3) is 0.286. The van der Waals surface area contributed by atoms with Crippen LogP contribution in [0.4, 0.5) is 10.5 Å². The highest BCUT2D eigenvalue weighted by Gasteiger charge is 2.16. The van der Waals surface area contributed by atoms with Crippen LogP contribution in [0.15, 0.2) is 30.9 Å². The van der Waals surface area contributed by atoms with Crippen LogP contribution in [0.5, 0.6) is 0 Å². The number of hydrogen-bond donors (Lipinski definition) is 2. The Labute approximate surface area is 122 Å². The van der Waals surface area contributed by atoms with Crippen LogP contribution in [0, 0.1) is 0 Å². The van der Waals surface area contributed by atoms with Gasteiger partial charge >= 0.3 is 12.0 Å². The first-order chi connectivity index (χ1) is 9.36. The van der Waals surface area contributed by atoms with E-state index >= 15 is 0 Å². The molecule has 1 aromatic carbocycles. The molecule has 5 nitrogen and oxygen atoms in total. The number of hydrogen-bond acceptors (Lipinski definition) is 2. The van der Waals surface area contributed by atoms with Crippen LogP contribution in [0.3, 0.4) is 0 Å². The lowest BCUT2D eigenvalue weighted by atomic mass is 10.2. The SMILES string of the molecule is C=CCN(C(=O)Nc1ccc(Cl)c(C(=O)O)c1)C(C)C. The summed E-state index contributed by atoms with van der Waals surface area (Å²) in [4.78, 5) is 24.7. The average Bonchev–Trinajstić information content (AvgIpc) is 2.37. The molecule has 0 heterocycles. The predicted octanol–water partition coefficient (Wildman–Crippen LogP) is 3.47. The van der Waals surface area contributed by atoms with Crippen LogP contribution in [0.1, 0.15) is 24.2 Å². The van der Waals surface area contributed by atoms with Gasteiger partial charge in [0, 0.05) is 18.3 Å². The van der Waals surface area contributed by atoms with E-state index in [9.17, 15) is 9.59 Å². The molecule has 108 valence electrons. The zero-order valence-corrected chi connectivity index (χ0v) is 12.1. The largest absolute Gasteiger partial charge is 0.478 e. The number of anilines is 1. The Hall–Kier alpha value is -2.01. The first-order valence-corrected chi connectivity index (χ1v) is 6.46. The topological polar surface area (TPSA) is 69.6 Å². The third-order valence-electron chi connectivity index (χ3n) is 2.66. The van der Waals surface area contributed by atoms with Gasteiger partial charge < -0.3 is 15.3 Å². The van der Waals surface area contributed by atoms with E-state index in [1.165, 1.54) is 12.1 Å². The van der Waals surface area contributed by atoms with Crippen molar-refractivity contribution in [3.8, 4) is 0 Å². The summed E-state index contributed by atoms with van der Waals surface area (Å²) >= 11 is 5.77. The zero-order chi connectivity index (χ0) is 15.3. The molecule has 0 fully saturated rings. The molecule has 1 aromatic rings. The minimum atomic E-state index is -1.14. The number of urea groups is 1. The smallest absolute Gasteiger partial charge is 0.337 e. The van der Waals surface area contributed by atoms with Crippen LogP contribution in [-0.4, -0.2) is 34.6 Å². The Kier molecular flexibility index (Phi) is 5.58. The highest BCUT2D eigenvalue weighted by atomic mass is 35.5. The third kappa shape index (κ3) is 3.99. The molecule has 2 amide bonds. The molecule has 0 saturated carbocycles. The Morgan fingerprint density at radius 2 is 2.15 bits per heavy atom. The molecule has 2 N–H and O–H groups in total. The number of amides is 2. The monoisotopic (exact) mass is 296 g/mol. The Morgan fingerprint density at radius 3 is 2.65 bits per heavy atom. The van der Waals surface area contributed by atoms with Crippen molar-refractivity contribution >= 4 is 29.3 Å². The molecule has 20 heavy (non-hydrogen) atoms. The lowest BCUT2D eigenvalue weighted by Crippen LogP contribution is -2.40. The number of halogens is 1. The van der Waals surface area contributed by atoms with Gasteiger partial charge in [-0.2, -0.15) is 0 Å². The van der Waals surface area contributed by atoms with Crippen LogP contribution in [0.2, 0.25) is 5.02 Å². The summed E-state index contributed by atoms with van der Waals surface area (Å²) in [5.74, 6) is -1.14. The molecule has 0 saturated heterocycles. The van der Waals surface area contributed by atoms with Crippen LogP contribution < -0.4 is 5.32 Å². The normalized spacial score (nSPS) is 10.2. The number of carboxylic acids is 1. The quantitative estimate of drug-likeness (QED) is 0.817. The number of carboxylic acid groups (broad SMARTS) is 1. The third-order valence-corrected chi connectivity index (χ3v) is 2.99. The van der Waals surface area contributed by atoms with E-state index in [-0.39, 0.29) is 22.7 Å². The van der Waals surface area contributed by atoms with E-state index < -0.39 is 5.97 Å². The standard InChI is InChI=1S/C14H17ClN2O3/c1-4-7-17(9(2)3)14(20)16-10-5-6-12(15)11(8-10)13(18)19/h4-6,8-9H,1,7H2,2-3H3,(H,16,20)(H,18,19). The Balaban J connectivity index is 2.92. The van der Waals surface area contributed by atoms with E-state index in [1.807, 2.05) is 13.8 Å². The molecule has 0 unspecified atom stereocenters. The second kappa shape index (κ2) is 6.96.